The second-order valence-electron chi connectivity index (χ2n) is 7.71. The molecule has 1 aliphatic rings. The third-order valence-corrected chi connectivity index (χ3v) is 6.13. The maximum absolute atomic E-state index is 12.5. The molecule has 0 saturated carbocycles. The lowest BCUT2D eigenvalue weighted by molar-refractivity contribution is 0.0927. The summed E-state index contributed by atoms with van der Waals surface area (Å²) in [4.78, 5) is 15.0. The maximum atomic E-state index is 12.5. The lowest BCUT2D eigenvalue weighted by atomic mass is 10.1. The predicted octanol–water partition coefficient (Wildman–Crippen LogP) is 3.82. The van der Waals surface area contributed by atoms with E-state index in [1.54, 1.807) is 6.07 Å². The van der Waals surface area contributed by atoms with Crippen LogP contribution in [0.2, 0.25) is 0 Å². The van der Waals surface area contributed by atoms with Crippen LogP contribution in [0.25, 0.3) is 11.3 Å². The van der Waals surface area contributed by atoms with Crippen molar-refractivity contribution >= 4 is 17.7 Å². The molecule has 0 spiro atoms. The van der Waals surface area contributed by atoms with Crippen LogP contribution in [-0.2, 0) is 6.54 Å². The van der Waals surface area contributed by atoms with Crippen molar-refractivity contribution in [2.45, 2.75) is 19.6 Å². The van der Waals surface area contributed by atoms with Gasteiger partial charge in [0.25, 0.3) is 5.91 Å². The molecular formula is C24H28N4O2S. The Bertz CT molecular complexity index is 986. The molecule has 1 atom stereocenters. The van der Waals surface area contributed by atoms with Crippen molar-refractivity contribution in [2.75, 3.05) is 31.1 Å². The van der Waals surface area contributed by atoms with E-state index < -0.39 is 0 Å². The maximum Gasteiger partial charge on any atom is 0.269 e. The zero-order valence-electron chi connectivity index (χ0n) is 17.7. The third-order valence-electron chi connectivity index (χ3n) is 5.19. The number of carbonyl (C=O) groups is 1. The zero-order valence-corrected chi connectivity index (χ0v) is 18.5. The molecule has 2 aromatic carbocycles. The number of benzene rings is 2. The average molecular weight is 437 g/mol. The Balaban J connectivity index is 1.27. The highest BCUT2D eigenvalue weighted by atomic mass is 32.2. The van der Waals surface area contributed by atoms with Crippen molar-refractivity contribution < 1.29 is 9.53 Å². The molecule has 0 unspecified atom stereocenters. The lowest BCUT2D eigenvalue weighted by Gasteiger charge is -2.26. The van der Waals surface area contributed by atoms with E-state index in [2.05, 4.69) is 32.5 Å². The van der Waals surface area contributed by atoms with Crippen molar-refractivity contribution in [3.8, 4) is 17.0 Å². The summed E-state index contributed by atoms with van der Waals surface area (Å²) >= 11 is 2.02. The molecule has 0 aliphatic carbocycles. The van der Waals surface area contributed by atoms with Crippen molar-refractivity contribution in [3.05, 3.63) is 71.9 Å². The van der Waals surface area contributed by atoms with Gasteiger partial charge in [0, 0.05) is 36.7 Å². The first-order valence-corrected chi connectivity index (χ1v) is 11.8. The Labute approximate surface area is 187 Å². The number of H-pyrrole nitrogens is 1. The average Bonchev–Trinajstić information content (AvgIpc) is 3.30. The number of amides is 1. The summed E-state index contributed by atoms with van der Waals surface area (Å²) in [6, 6.07) is 19.8. The lowest BCUT2D eigenvalue weighted by Crippen LogP contribution is -2.34. The summed E-state index contributed by atoms with van der Waals surface area (Å²) in [5.41, 5.74) is 3.41. The van der Waals surface area contributed by atoms with Crippen LogP contribution in [0.4, 0.5) is 0 Å². The van der Waals surface area contributed by atoms with Gasteiger partial charge in [-0.25, -0.2) is 0 Å². The van der Waals surface area contributed by atoms with Gasteiger partial charge in [0.15, 0.2) is 0 Å². The molecule has 4 rings (SSSR count). The number of hydrogen-bond acceptors (Lipinski definition) is 5. The fourth-order valence-corrected chi connectivity index (χ4v) is 4.51. The molecule has 6 nitrogen and oxygen atoms in total. The molecule has 0 radical (unpaired) electrons. The van der Waals surface area contributed by atoms with Gasteiger partial charge in [0.2, 0.25) is 0 Å². The molecule has 7 heteroatoms. The van der Waals surface area contributed by atoms with Gasteiger partial charge >= 0.3 is 0 Å². The minimum atomic E-state index is -0.193. The fraction of sp³-hybridized carbons (Fsp3) is 0.333. The number of thioether (sulfide) groups is 1. The summed E-state index contributed by atoms with van der Waals surface area (Å²) in [7, 11) is 0. The van der Waals surface area contributed by atoms with Gasteiger partial charge < -0.3 is 10.1 Å². The highest BCUT2D eigenvalue weighted by Crippen LogP contribution is 2.19. The topological polar surface area (TPSA) is 70.2 Å². The minimum Gasteiger partial charge on any atom is -0.489 e. The van der Waals surface area contributed by atoms with Gasteiger partial charge in [-0.15, -0.1) is 0 Å². The summed E-state index contributed by atoms with van der Waals surface area (Å²) in [6.07, 6.45) is -0.151. The van der Waals surface area contributed by atoms with Crippen LogP contribution < -0.4 is 10.1 Å². The summed E-state index contributed by atoms with van der Waals surface area (Å²) in [5.74, 6) is 3.05. The SMILES string of the molecule is C[C@@H](CNC(=O)c1cc(-c2ccccc2)n[nH]1)Oc1cccc(CN2CCSCC2)c1. The number of nitrogens with zero attached hydrogens (tertiary/aromatic N) is 2. The quantitative estimate of drug-likeness (QED) is 0.562. The molecule has 31 heavy (non-hydrogen) atoms. The summed E-state index contributed by atoms with van der Waals surface area (Å²) < 4.78 is 6.04. The van der Waals surface area contributed by atoms with Gasteiger partial charge in [-0.05, 0) is 30.7 Å². The number of ether oxygens (including phenoxy) is 1. The number of rotatable bonds is 8. The van der Waals surface area contributed by atoms with Crippen LogP contribution in [0.3, 0.4) is 0 Å². The van der Waals surface area contributed by atoms with Gasteiger partial charge in [-0.2, -0.15) is 16.9 Å². The first-order chi connectivity index (χ1) is 15.2. The Hall–Kier alpha value is -2.77. The van der Waals surface area contributed by atoms with Crippen LogP contribution in [-0.4, -0.2) is 58.2 Å². The number of nitrogens with one attached hydrogen (secondary N) is 2. The van der Waals surface area contributed by atoms with Crippen LogP contribution in [0, 0.1) is 0 Å². The predicted molar refractivity (Wildman–Crippen MR) is 125 cm³/mol. The van der Waals surface area contributed by atoms with E-state index in [1.807, 2.05) is 61.2 Å². The summed E-state index contributed by atoms with van der Waals surface area (Å²) in [5, 5.41) is 9.97. The standard InChI is InChI=1S/C24H28N4O2S/c1-18(30-21-9-5-6-19(14-21)17-28-10-12-31-13-11-28)16-25-24(29)23-15-22(26-27-23)20-7-3-2-4-8-20/h2-9,14-15,18H,10-13,16-17H2,1H3,(H,25,29)(H,26,27)/t18-/m0/s1. The van der Waals surface area contributed by atoms with E-state index in [0.29, 0.717) is 12.2 Å². The molecule has 2 N–H and O–H groups in total. The molecule has 0 bridgehead atoms. The van der Waals surface area contributed by atoms with E-state index in [9.17, 15) is 4.79 Å². The van der Waals surface area contributed by atoms with E-state index in [0.717, 1.165) is 36.6 Å². The first kappa shape index (κ1) is 21.5. The second-order valence-corrected chi connectivity index (χ2v) is 8.93. The monoisotopic (exact) mass is 436 g/mol. The molecule has 1 saturated heterocycles. The molecule has 3 aromatic rings. The van der Waals surface area contributed by atoms with Gasteiger partial charge in [-0.3, -0.25) is 14.8 Å². The number of hydrogen-bond donors (Lipinski definition) is 2. The van der Waals surface area contributed by atoms with Gasteiger partial charge in [0.05, 0.1) is 12.2 Å². The van der Waals surface area contributed by atoms with Crippen molar-refractivity contribution in [3.63, 3.8) is 0 Å². The smallest absolute Gasteiger partial charge is 0.269 e. The van der Waals surface area contributed by atoms with E-state index in [-0.39, 0.29) is 12.0 Å². The van der Waals surface area contributed by atoms with Crippen LogP contribution in [0.5, 0.6) is 5.75 Å². The Morgan fingerprint density at radius 2 is 1.97 bits per heavy atom. The molecule has 162 valence electrons. The Kier molecular flexibility index (Phi) is 7.27. The van der Waals surface area contributed by atoms with Crippen LogP contribution in [0.15, 0.2) is 60.7 Å². The molecule has 2 heterocycles. The molecule has 1 aromatic heterocycles. The fourth-order valence-electron chi connectivity index (χ4n) is 3.54. The highest BCUT2D eigenvalue weighted by Gasteiger charge is 2.14. The Morgan fingerprint density at radius 3 is 2.77 bits per heavy atom. The second kappa shape index (κ2) is 10.5. The van der Waals surface area contributed by atoms with E-state index in [1.165, 1.54) is 17.1 Å². The third kappa shape index (κ3) is 6.12. The van der Waals surface area contributed by atoms with Crippen LogP contribution in [0.1, 0.15) is 23.0 Å². The minimum absolute atomic E-state index is 0.151. The van der Waals surface area contributed by atoms with Crippen molar-refractivity contribution in [2.24, 2.45) is 0 Å². The largest absolute Gasteiger partial charge is 0.489 e. The summed E-state index contributed by atoms with van der Waals surface area (Å²) in [6.45, 7) is 5.59. The highest BCUT2D eigenvalue weighted by molar-refractivity contribution is 7.99. The van der Waals surface area contributed by atoms with Crippen molar-refractivity contribution in [1.29, 1.82) is 0 Å². The number of carbonyl (C=O) groups excluding carboxylic acids is 1. The van der Waals surface area contributed by atoms with E-state index >= 15 is 0 Å². The molecular weight excluding hydrogens is 408 g/mol. The van der Waals surface area contributed by atoms with Crippen molar-refractivity contribution in [1.82, 2.24) is 20.4 Å². The first-order valence-electron chi connectivity index (χ1n) is 10.6. The van der Waals surface area contributed by atoms with Crippen LogP contribution >= 0.6 is 11.8 Å². The molecule has 1 aliphatic heterocycles. The molecule has 1 amide bonds. The van der Waals surface area contributed by atoms with Gasteiger partial charge in [-0.1, -0.05) is 42.5 Å². The number of aromatic nitrogens is 2. The van der Waals surface area contributed by atoms with E-state index in [4.69, 9.17) is 4.74 Å². The van der Waals surface area contributed by atoms with Gasteiger partial charge in [0.1, 0.15) is 17.5 Å². The molecule has 1 fully saturated rings. The number of aromatic amines is 1. The normalized spacial score (nSPS) is 15.4. The zero-order chi connectivity index (χ0) is 21.5. The Morgan fingerprint density at radius 1 is 1.16 bits per heavy atom.